The molecule has 0 amide bonds. The molecular weight excluding hydrogens is 322 g/mol. The van der Waals surface area contributed by atoms with Gasteiger partial charge in [-0.2, -0.15) is 0 Å². The molecule has 0 N–H and O–H groups in total. The third-order valence-electron chi connectivity index (χ3n) is 4.40. The number of benzene rings is 2. The number of likely N-dealkylation sites (tertiary alicyclic amines) is 1. The molecule has 124 valence electrons. The summed E-state index contributed by atoms with van der Waals surface area (Å²) in [7, 11) is 0. The summed E-state index contributed by atoms with van der Waals surface area (Å²) in [5, 5.41) is 1.21. The predicted octanol–water partition coefficient (Wildman–Crippen LogP) is 4.07. The van der Waals surface area contributed by atoms with Crippen molar-refractivity contribution in [2.45, 2.75) is 17.7 Å². The Morgan fingerprint density at radius 1 is 1.04 bits per heavy atom. The summed E-state index contributed by atoms with van der Waals surface area (Å²) in [5.74, 6) is 0. The summed E-state index contributed by atoms with van der Waals surface area (Å²) in [6, 6.07) is 13.0. The molecule has 1 fully saturated rings. The van der Waals surface area contributed by atoms with Gasteiger partial charge in [-0.15, -0.1) is 0 Å². The van der Waals surface area contributed by atoms with Crippen molar-refractivity contribution in [1.82, 2.24) is 4.90 Å². The molecule has 0 spiro atoms. The molecule has 2 aromatic carbocycles. The summed E-state index contributed by atoms with van der Waals surface area (Å²) in [6.45, 7) is 3.92. The lowest BCUT2D eigenvalue weighted by Crippen LogP contribution is -2.23. The highest BCUT2D eigenvalue weighted by Crippen LogP contribution is 2.28. The average molecular weight is 341 g/mol. The first kappa shape index (κ1) is 15.7. The molecule has 2 heterocycles. The molecule has 4 nitrogen and oxygen atoms in total. The maximum atomic E-state index is 12.8. The van der Waals surface area contributed by atoms with Crippen LogP contribution in [0, 0.1) is 0 Å². The molecule has 1 aliphatic rings. The van der Waals surface area contributed by atoms with Crippen molar-refractivity contribution in [1.29, 1.82) is 0 Å². The second-order valence-corrected chi connectivity index (χ2v) is 6.85. The lowest BCUT2D eigenvalue weighted by atomic mass is 10.1. The predicted molar refractivity (Wildman–Crippen MR) is 97.5 cm³/mol. The Bertz CT molecular complexity index is 915. The van der Waals surface area contributed by atoms with Crippen molar-refractivity contribution in [3.63, 3.8) is 0 Å². The van der Waals surface area contributed by atoms with Crippen LogP contribution in [-0.4, -0.2) is 31.1 Å². The number of para-hydroxylation sites is 1. The van der Waals surface area contributed by atoms with E-state index in [0.717, 1.165) is 24.5 Å². The van der Waals surface area contributed by atoms with E-state index in [4.69, 9.17) is 8.60 Å². The zero-order valence-electron chi connectivity index (χ0n) is 13.4. The molecule has 24 heavy (non-hydrogen) atoms. The molecule has 5 heteroatoms. The summed E-state index contributed by atoms with van der Waals surface area (Å²) >= 11 is 1.27. The minimum atomic E-state index is -0.00177. The van der Waals surface area contributed by atoms with Gasteiger partial charge in [0.05, 0.1) is 22.3 Å². The lowest BCUT2D eigenvalue weighted by Gasteiger charge is -2.13. The van der Waals surface area contributed by atoms with Gasteiger partial charge < -0.3 is 13.5 Å². The number of fused-ring (bicyclic) bond motifs is 2. The summed E-state index contributed by atoms with van der Waals surface area (Å²) in [6.07, 6.45) is 2.56. The third kappa shape index (κ3) is 3.07. The van der Waals surface area contributed by atoms with Crippen LogP contribution in [0.1, 0.15) is 12.8 Å². The van der Waals surface area contributed by atoms with Crippen molar-refractivity contribution in [2.24, 2.45) is 0 Å². The molecule has 1 aromatic heterocycles. The highest BCUT2D eigenvalue weighted by molar-refractivity contribution is 7.95. The van der Waals surface area contributed by atoms with Gasteiger partial charge in [-0.3, -0.25) is 4.79 Å². The molecule has 4 rings (SSSR count). The highest BCUT2D eigenvalue weighted by atomic mass is 32.2. The molecule has 0 bridgehead atoms. The van der Waals surface area contributed by atoms with Gasteiger partial charge in [-0.1, -0.05) is 18.2 Å². The largest absolute Gasteiger partial charge is 0.456 e. The smallest absolute Gasteiger partial charge is 0.201 e. The molecule has 1 saturated heterocycles. The van der Waals surface area contributed by atoms with Crippen molar-refractivity contribution >= 4 is 34.0 Å². The van der Waals surface area contributed by atoms with Gasteiger partial charge in [0.2, 0.25) is 5.43 Å². The molecule has 0 unspecified atom stereocenters. The van der Waals surface area contributed by atoms with E-state index in [0.29, 0.717) is 28.5 Å². The van der Waals surface area contributed by atoms with E-state index in [1.165, 1.54) is 24.9 Å². The van der Waals surface area contributed by atoms with Gasteiger partial charge in [0.25, 0.3) is 0 Å². The minimum Gasteiger partial charge on any atom is -0.456 e. The van der Waals surface area contributed by atoms with Gasteiger partial charge in [0.15, 0.2) is 0 Å². The van der Waals surface area contributed by atoms with Crippen LogP contribution in [-0.2, 0) is 4.18 Å². The van der Waals surface area contributed by atoms with Gasteiger partial charge >= 0.3 is 0 Å². The van der Waals surface area contributed by atoms with Crippen LogP contribution in [0.3, 0.4) is 0 Å². The van der Waals surface area contributed by atoms with Crippen molar-refractivity contribution < 1.29 is 8.60 Å². The maximum absolute atomic E-state index is 12.8. The van der Waals surface area contributed by atoms with Crippen LogP contribution in [0.4, 0.5) is 0 Å². The number of nitrogens with zero attached hydrogens (tertiary/aromatic N) is 1. The molecular formula is C19H19NO3S. The molecule has 0 aliphatic carbocycles. The van der Waals surface area contributed by atoms with Crippen LogP contribution >= 0.6 is 12.0 Å². The first-order valence-electron chi connectivity index (χ1n) is 8.29. The SMILES string of the molecule is O=c1c2ccccc2oc2cccc(SOCCN3CCCC3)c12. The van der Waals surface area contributed by atoms with Crippen LogP contribution in [0.15, 0.2) is 56.6 Å². The van der Waals surface area contributed by atoms with E-state index in [1.807, 2.05) is 36.4 Å². The quantitative estimate of drug-likeness (QED) is 0.398. The Labute approximate surface area is 144 Å². The normalized spacial score (nSPS) is 15.5. The summed E-state index contributed by atoms with van der Waals surface area (Å²) in [4.78, 5) is 16.0. The van der Waals surface area contributed by atoms with Crippen molar-refractivity contribution in [3.05, 3.63) is 52.7 Å². The minimum absolute atomic E-state index is 0.00177. The Morgan fingerprint density at radius 2 is 1.83 bits per heavy atom. The van der Waals surface area contributed by atoms with Gasteiger partial charge in [0, 0.05) is 18.6 Å². The Kier molecular flexibility index (Phi) is 4.56. The molecule has 0 atom stereocenters. The molecule has 0 radical (unpaired) electrons. The van der Waals surface area contributed by atoms with Gasteiger partial charge in [0.1, 0.15) is 11.2 Å². The zero-order chi connectivity index (χ0) is 16.4. The van der Waals surface area contributed by atoms with Crippen LogP contribution in [0.5, 0.6) is 0 Å². The fourth-order valence-corrected chi connectivity index (χ4v) is 3.86. The first-order chi connectivity index (χ1) is 11.8. The highest BCUT2D eigenvalue weighted by Gasteiger charge is 2.13. The van der Waals surface area contributed by atoms with E-state index in [9.17, 15) is 4.79 Å². The monoisotopic (exact) mass is 341 g/mol. The lowest BCUT2D eigenvalue weighted by molar-refractivity contribution is 0.261. The van der Waals surface area contributed by atoms with Crippen LogP contribution < -0.4 is 5.43 Å². The summed E-state index contributed by atoms with van der Waals surface area (Å²) in [5.41, 5.74) is 1.22. The Balaban J connectivity index is 1.58. The first-order valence-corrected chi connectivity index (χ1v) is 9.03. The van der Waals surface area contributed by atoms with E-state index in [1.54, 1.807) is 6.07 Å². The summed E-state index contributed by atoms with van der Waals surface area (Å²) < 4.78 is 11.6. The van der Waals surface area contributed by atoms with Crippen LogP contribution in [0.2, 0.25) is 0 Å². The second-order valence-electron chi connectivity index (χ2n) is 6.01. The Morgan fingerprint density at radius 3 is 2.71 bits per heavy atom. The molecule has 1 aliphatic heterocycles. The fourth-order valence-electron chi connectivity index (χ4n) is 3.16. The fraction of sp³-hybridized carbons (Fsp3) is 0.316. The average Bonchev–Trinajstić information content (AvgIpc) is 3.12. The Hall–Kier alpha value is -1.82. The molecule has 3 aromatic rings. The van der Waals surface area contributed by atoms with E-state index in [-0.39, 0.29) is 5.43 Å². The third-order valence-corrected chi connectivity index (χ3v) is 5.21. The zero-order valence-corrected chi connectivity index (χ0v) is 14.2. The van der Waals surface area contributed by atoms with Gasteiger partial charge in [-0.05, 0) is 50.2 Å². The second kappa shape index (κ2) is 6.97. The van der Waals surface area contributed by atoms with E-state index < -0.39 is 0 Å². The standard InChI is InChI=1S/C19H19NO3S/c21-19-14-6-1-2-7-15(14)23-16-8-5-9-17(18(16)19)24-22-13-12-20-10-3-4-11-20/h1-2,5-9H,3-4,10-13H2. The number of rotatable bonds is 5. The van der Waals surface area contributed by atoms with Crippen LogP contribution in [0.25, 0.3) is 21.9 Å². The van der Waals surface area contributed by atoms with Crippen molar-refractivity contribution in [2.75, 3.05) is 26.2 Å². The van der Waals surface area contributed by atoms with Gasteiger partial charge in [-0.25, -0.2) is 0 Å². The molecule has 0 saturated carbocycles. The van der Waals surface area contributed by atoms with Crippen molar-refractivity contribution in [3.8, 4) is 0 Å². The maximum Gasteiger partial charge on any atom is 0.201 e. The number of hydrogen-bond donors (Lipinski definition) is 0. The van der Waals surface area contributed by atoms with E-state index in [2.05, 4.69) is 4.90 Å². The topological polar surface area (TPSA) is 42.7 Å². The number of hydrogen-bond acceptors (Lipinski definition) is 5. The van der Waals surface area contributed by atoms with E-state index >= 15 is 0 Å².